The minimum atomic E-state index is -0.616. The summed E-state index contributed by atoms with van der Waals surface area (Å²) in [5.41, 5.74) is 1.18. The van der Waals surface area contributed by atoms with E-state index in [1.807, 2.05) is 16.3 Å². The van der Waals surface area contributed by atoms with Gasteiger partial charge in [-0.05, 0) is 41.8 Å². The van der Waals surface area contributed by atoms with Crippen LogP contribution in [0.3, 0.4) is 0 Å². The van der Waals surface area contributed by atoms with Crippen molar-refractivity contribution in [3.63, 3.8) is 0 Å². The summed E-state index contributed by atoms with van der Waals surface area (Å²) in [6.07, 6.45) is 0.966. The standard InChI is InChI=1S/C12H17NO3S/c1-16-12(15)11-10(14)3-2-5-13(11)7-9-4-6-17-8-9/h4,6,8,10-11,14H,2-3,5,7H2,1H3/t10-,11-/m0/s1. The number of esters is 1. The quantitative estimate of drug-likeness (QED) is 0.826. The van der Waals surface area contributed by atoms with Crippen molar-refractivity contribution in [2.75, 3.05) is 13.7 Å². The van der Waals surface area contributed by atoms with Gasteiger partial charge in [0, 0.05) is 6.54 Å². The highest BCUT2D eigenvalue weighted by atomic mass is 32.1. The van der Waals surface area contributed by atoms with Gasteiger partial charge in [-0.15, -0.1) is 0 Å². The number of rotatable bonds is 3. The van der Waals surface area contributed by atoms with Crippen LogP contribution in [0.25, 0.3) is 0 Å². The summed E-state index contributed by atoms with van der Waals surface area (Å²) < 4.78 is 4.77. The van der Waals surface area contributed by atoms with Crippen LogP contribution < -0.4 is 0 Å². The number of piperidine rings is 1. The Hall–Kier alpha value is -0.910. The zero-order chi connectivity index (χ0) is 12.3. The molecule has 0 radical (unpaired) electrons. The lowest BCUT2D eigenvalue weighted by molar-refractivity contribution is -0.154. The Morgan fingerprint density at radius 3 is 3.18 bits per heavy atom. The fraction of sp³-hybridized carbons (Fsp3) is 0.583. The highest BCUT2D eigenvalue weighted by Gasteiger charge is 2.36. The average molecular weight is 255 g/mol. The lowest BCUT2D eigenvalue weighted by Gasteiger charge is -2.36. The number of methoxy groups -OCH3 is 1. The van der Waals surface area contributed by atoms with Crippen LogP contribution in [-0.2, 0) is 16.1 Å². The highest BCUT2D eigenvalue weighted by Crippen LogP contribution is 2.22. The van der Waals surface area contributed by atoms with Gasteiger partial charge in [0.25, 0.3) is 0 Å². The molecule has 1 aliphatic rings. The summed E-state index contributed by atoms with van der Waals surface area (Å²) in [4.78, 5) is 13.7. The van der Waals surface area contributed by atoms with Gasteiger partial charge in [-0.2, -0.15) is 11.3 Å². The molecule has 4 nitrogen and oxygen atoms in total. The van der Waals surface area contributed by atoms with E-state index in [4.69, 9.17) is 4.74 Å². The summed E-state index contributed by atoms with van der Waals surface area (Å²) in [5, 5.41) is 14.0. The number of aliphatic hydroxyl groups is 1. The summed E-state index contributed by atoms with van der Waals surface area (Å²) in [6.45, 7) is 1.52. The van der Waals surface area contributed by atoms with Crippen molar-refractivity contribution in [3.8, 4) is 0 Å². The van der Waals surface area contributed by atoms with Gasteiger partial charge >= 0.3 is 5.97 Å². The molecule has 0 spiro atoms. The lowest BCUT2D eigenvalue weighted by atomic mass is 9.98. The number of aliphatic hydroxyl groups excluding tert-OH is 1. The SMILES string of the molecule is COC(=O)[C@@H]1[C@@H](O)CCCN1Cc1ccsc1. The minimum Gasteiger partial charge on any atom is -0.468 e. The molecule has 1 aromatic heterocycles. The van der Waals surface area contributed by atoms with E-state index in [1.165, 1.54) is 12.7 Å². The second-order valence-electron chi connectivity index (χ2n) is 4.28. The van der Waals surface area contributed by atoms with E-state index in [0.717, 1.165) is 13.0 Å². The first-order chi connectivity index (χ1) is 8.22. The number of thiophene rings is 1. The Morgan fingerprint density at radius 2 is 2.53 bits per heavy atom. The molecule has 0 unspecified atom stereocenters. The number of hydrogen-bond acceptors (Lipinski definition) is 5. The van der Waals surface area contributed by atoms with Crippen LogP contribution in [0.4, 0.5) is 0 Å². The number of carbonyl (C=O) groups excluding carboxylic acids is 1. The third-order valence-corrected chi connectivity index (χ3v) is 3.84. The molecule has 17 heavy (non-hydrogen) atoms. The van der Waals surface area contributed by atoms with E-state index >= 15 is 0 Å². The van der Waals surface area contributed by atoms with E-state index in [-0.39, 0.29) is 5.97 Å². The van der Waals surface area contributed by atoms with Crippen LogP contribution in [0.2, 0.25) is 0 Å². The Bertz CT molecular complexity index is 366. The molecule has 2 rings (SSSR count). The smallest absolute Gasteiger partial charge is 0.325 e. The molecule has 2 atom stereocenters. The largest absolute Gasteiger partial charge is 0.468 e. The third-order valence-electron chi connectivity index (χ3n) is 3.11. The fourth-order valence-electron chi connectivity index (χ4n) is 2.27. The monoisotopic (exact) mass is 255 g/mol. The third kappa shape index (κ3) is 2.86. The second kappa shape index (κ2) is 5.62. The first kappa shape index (κ1) is 12.5. The van der Waals surface area contributed by atoms with Crippen LogP contribution in [0.1, 0.15) is 18.4 Å². The van der Waals surface area contributed by atoms with E-state index in [2.05, 4.69) is 5.38 Å². The van der Waals surface area contributed by atoms with Crippen molar-refractivity contribution in [1.82, 2.24) is 4.90 Å². The van der Waals surface area contributed by atoms with Gasteiger partial charge in [0.1, 0.15) is 6.04 Å². The maximum Gasteiger partial charge on any atom is 0.325 e. The number of nitrogens with zero attached hydrogens (tertiary/aromatic N) is 1. The van der Waals surface area contributed by atoms with Crippen LogP contribution in [-0.4, -0.2) is 41.8 Å². The predicted octanol–water partition coefficient (Wildman–Crippen LogP) is 1.25. The van der Waals surface area contributed by atoms with Crippen molar-refractivity contribution in [2.24, 2.45) is 0 Å². The molecule has 5 heteroatoms. The topological polar surface area (TPSA) is 49.8 Å². The van der Waals surface area contributed by atoms with Crippen LogP contribution >= 0.6 is 11.3 Å². The molecule has 0 bridgehead atoms. The van der Waals surface area contributed by atoms with Gasteiger partial charge in [0.2, 0.25) is 0 Å². The molecule has 0 aliphatic carbocycles. The number of likely N-dealkylation sites (tertiary alicyclic amines) is 1. The number of carbonyl (C=O) groups is 1. The van der Waals surface area contributed by atoms with Crippen molar-refractivity contribution in [2.45, 2.75) is 31.5 Å². The highest BCUT2D eigenvalue weighted by molar-refractivity contribution is 7.07. The van der Waals surface area contributed by atoms with E-state index < -0.39 is 12.1 Å². The lowest BCUT2D eigenvalue weighted by Crippen LogP contribution is -2.52. The normalized spacial score (nSPS) is 25.8. The molecule has 94 valence electrons. The van der Waals surface area contributed by atoms with Gasteiger partial charge in [-0.25, -0.2) is 0 Å². The molecule has 0 aromatic carbocycles. The summed E-state index contributed by atoms with van der Waals surface area (Å²) in [7, 11) is 1.37. The van der Waals surface area contributed by atoms with Gasteiger partial charge < -0.3 is 9.84 Å². The van der Waals surface area contributed by atoms with Gasteiger partial charge in [-0.3, -0.25) is 9.69 Å². The zero-order valence-corrected chi connectivity index (χ0v) is 10.7. The molecule has 1 saturated heterocycles. The van der Waals surface area contributed by atoms with Gasteiger partial charge in [-0.1, -0.05) is 0 Å². The number of ether oxygens (including phenoxy) is 1. The fourth-order valence-corrected chi connectivity index (χ4v) is 2.93. The maximum atomic E-state index is 11.7. The Morgan fingerprint density at radius 1 is 1.71 bits per heavy atom. The van der Waals surface area contributed by atoms with E-state index in [9.17, 15) is 9.90 Å². The molecule has 1 aliphatic heterocycles. The Kier molecular flexibility index (Phi) is 4.15. The first-order valence-electron chi connectivity index (χ1n) is 5.73. The molecule has 2 heterocycles. The van der Waals surface area contributed by atoms with Gasteiger partial charge in [0.15, 0.2) is 0 Å². The van der Waals surface area contributed by atoms with Crippen LogP contribution in [0.15, 0.2) is 16.8 Å². The molecular formula is C12H17NO3S. The van der Waals surface area contributed by atoms with Gasteiger partial charge in [0.05, 0.1) is 13.2 Å². The van der Waals surface area contributed by atoms with E-state index in [1.54, 1.807) is 11.3 Å². The Labute approximate surface area is 105 Å². The molecule has 0 saturated carbocycles. The molecule has 1 fully saturated rings. The molecule has 1 N–H and O–H groups in total. The maximum absolute atomic E-state index is 11.7. The summed E-state index contributed by atoms with van der Waals surface area (Å²) in [6, 6.07) is 1.52. The molecular weight excluding hydrogens is 238 g/mol. The van der Waals surface area contributed by atoms with Crippen LogP contribution in [0.5, 0.6) is 0 Å². The van der Waals surface area contributed by atoms with Crippen molar-refractivity contribution in [1.29, 1.82) is 0 Å². The van der Waals surface area contributed by atoms with Crippen molar-refractivity contribution < 1.29 is 14.6 Å². The first-order valence-corrected chi connectivity index (χ1v) is 6.67. The molecule has 0 amide bonds. The van der Waals surface area contributed by atoms with Crippen molar-refractivity contribution >= 4 is 17.3 Å². The summed E-state index contributed by atoms with van der Waals surface area (Å²) in [5.74, 6) is -0.340. The summed E-state index contributed by atoms with van der Waals surface area (Å²) >= 11 is 1.64. The molecule has 1 aromatic rings. The Balaban J connectivity index is 2.09. The van der Waals surface area contributed by atoms with E-state index in [0.29, 0.717) is 13.0 Å². The average Bonchev–Trinajstić information content (AvgIpc) is 2.81. The zero-order valence-electron chi connectivity index (χ0n) is 9.83. The van der Waals surface area contributed by atoms with Crippen LogP contribution in [0, 0.1) is 0 Å². The number of hydrogen-bond donors (Lipinski definition) is 1. The predicted molar refractivity (Wildman–Crippen MR) is 65.8 cm³/mol. The van der Waals surface area contributed by atoms with Crippen molar-refractivity contribution in [3.05, 3.63) is 22.4 Å². The second-order valence-corrected chi connectivity index (χ2v) is 5.06. The minimum absolute atomic E-state index is 0.340.